The largest absolute Gasteiger partial charge is 0.497 e. The van der Waals surface area contributed by atoms with Crippen molar-refractivity contribution in [3.8, 4) is 23.0 Å². The highest BCUT2D eigenvalue weighted by Crippen LogP contribution is 2.30. The maximum Gasteiger partial charge on any atom is 0.321 e. The lowest BCUT2D eigenvalue weighted by Gasteiger charge is -2.20. The molecular weight excluding hydrogens is 372 g/mol. The van der Waals surface area contributed by atoms with Crippen LogP contribution >= 0.6 is 11.8 Å². The number of carbonyl (C=O) groups is 2. The summed E-state index contributed by atoms with van der Waals surface area (Å²) in [5.41, 5.74) is 0.191. The number of nitrogens with one attached hydrogen (secondary N) is 2. The second-order valence-corrected chi connectivity index (χ2v) is 7.44. The second-order valence-electron chi connectivity index (χ2n) is 6.52. The van der Waals surface area contributed by atoms with Gasteiger partial charge in [-0.3, -0.25) is 10.1 Å². The highest BCUT2D eigenvalue weighted by Gasteiger charge is 2.17. The topological polar surface area (TPSA) is 116 Å². The van der Waals surface area contributed by atoms with Gasteiger partial charge >= 0.3 is 6.03 Å². The van der Waals surface area contributed by atoms with E-state index in [0.29, 0.717) is 17.1 Å². The molecule has 0 spiro atoms. The number of methoxy groups -OCH3 is 2. The molecule has 146 valence electrons. The number of aromatic nitrogens is 2. The van der Waals surface area contributed by atoms with E-state index in [1.165, 1.54) is 0 Å². The summed E-state index contributed by atoms with van der Waals surface area (Å²) in [7, 11) is 3.09. The van der Waals surface area contributed by atoms with Crippen molar-refractivity contribution < 1.29 is 23.5 Å². The number of imide groups is 1. The van der Waals surface area contributed by atoms with Gasteiger partial charge in [-0.1, -0.05) is 11.8 Å². The minimum absolute atomic E-state index is 0.0410. The maximum atomic E-state index is 11.8. The van der Waals surface area contributed by atoms with E-state index in [1.807, 2.05) is 20.8 Å². The quantitative estimate of drug-likeness (QED) is 0.718. The third-order valence-electron chi connectivity index (χ3n) is 3.07. The minimum Gasteiger partial charge on any atom is -0.497 e. The lowest BCUT2D eigenvalue weighted by molar-refractivity contribution is -0.117. The molecule has 3 amide bonds. The van der Waals surface area contributed by atoms with E-state index in [2.05, 4.69) is 20.8 Å². The monoisotopic (exact) mass is 394 g/mol. The minimum atomic E-state index is -0.553. The van der Waals surface area contributed by atoms with E-state index in [1.54, 1.807) is 32.4 Å². The molecule has 0 aliphatic carbocycles. The van der Waals surface area contributed by atoms with Gasteiger partial charge in [0.1, 0.15) is 11.5 Å². The number of rotatable bonds is 6. The number of hydrogen-bond acceptors (Lipinski definition) is 8. The highest BCUT2D eigenvalue weighted by atomic mass is 32.2. The molecule has 1 aromatic carbocycles. The number of hydrogen-bond donors (Lipinski definition) is 2. The number of nitrogens with zero attached hydrogens (tertiary/aromatic N) is 2. The normalized spacial score (nSPS) is 11.0. The molecule has 2 rings (SSSR count). The standard InChI is InChI=1S/C17H22N4O5S/c1-17(2,3)19-15(23)18-13(22)9-27-16-21-20-14(26-16)10-6-11(24-4)8-12(7-10)25-5/h6-8H,9H2,1-5H3,(H2,18,19,22,23). The van der Waals surface area contributed by atoms with Gasteiger partial charge in [0.25, 0.3) is 5.22 Å². The number of thioether (sulfide) groups is 1. The van der Waals surface area contributed by atoms with Gasteiger partial charge in [-0.05, 0) is 32.9 Å². The van der Waals surface area contributed by atoms with Gasteiger partial charge < -0.3 is 19.2 Å². The third kappa shape index (κ3) is 6.48. The fourth-order valence-corrected chi connectivity index (χ4v) is 2.54. The summed E-state index contributed by atoms with van der Waals surface area (Å²) in [6.07, 6.45) is 0. The van der Waals surface area contributed by atoms with Crippen LogP contribution in [-0.2, 0) is 4.79 Å². The molecule has 10 heteroatoms. The summed E-state index contributed by atoms with van der Waals surface area (Å²) in [4.78, 5) is 23.5. The molecule has 0 unspecified atom stereocenters. The molecule has 9 nitrogen and oxygen atoms in total. The zero-order valence-corrected chi connectivity index (χ0v) is 16.6. The Hall–Kier alpha value is -2.75. The summed E-state index contributed by atoms with van der Waals surface area (Å²) in [6, 6.07) is 4.63. The summed E-state index contributed by atoms with van der Waals surface area (Å²) in [5.74, 6) is 0.924. The number of carbonyl (C=O) groups excluding carboxylic acids is 2. The average Bonchev–Trinajstić information content (AvgIpc) is 3.06. The lowest BCUT2D eigenvalue weighted by Crippen LogP contribution is -2.48. The molecule has 0 aliphatic rings. The van der Waals surface area contributed by atoms with E-state index in [9.17, 15) is 9.59 Å². The van der Waals surface area contributed by atoms with Crippen molar-refractivity contribution in [1.82, 2.24) is 20.8 Å². The van der Waals surface area contributed by atoms with Crippen LogP contribution in [0.5, 0.6) is 11.5 Å². The van der Waals surface area contributed by atoms with Crippen molar-refractivity contribution in [3.05, 3.63) is 18.2 Å². The number of benzene rings is 1. The molecule has 0 fully saturated rings. The molecule has 0 bridgehead atoms. The Morgan fingerprint density at radius 1 is 1.11 bits per heavy atom. The molecule has 2 aromatic rings. The Balaban J connectivity index is 1.96. The van der Waals surface area contributed by atoms with E-state index in [0.717, 1.165) is 11.8 Å². The van der Waals surface area contributed by atoms with E-state index >= 15 is 0 Å². The van der Waals surface area contributed by atoms with Gasteiger partial charge in [0.2, 0.25) is 11.8 Å². The first-order valence-corrected chi connectivity index (χ1v) is 9.00. The molecule has 1 heterocycles. The zero-order valence-electron chi connectivity index (χ0n) is 15.8. The van der Waals surface area contributed by atoms with Gasteiger partial charge in [0.05, 0.1) is 20.0 Å². The molecule has 0 radical (unpaired) electrons. The SMILES string of the molecule is COc1cc(OC)cc(-c2nnc(SCC(=O)NC(=O)NC(C)(C)C)o2)c1. The molecule has 2 N–H and O–H groups in total. The summed E-state index contributed by atoms with van der Waals surface area (Å²) >= 11 is 1.03. The second kappa shape index (κ2) is 8.76. The first kappa shape index (κ1) is 20.6. The summed E-state index contributed by atoms with van der Waals surface area (Å²) in [6.45, 7) is 5.46. The van der Waals surface area contributed by atoms with Crippen LogP contribution in [0.2, 0.25) is 0 Å². The maximum absolute atomic E-state index is 11.8. The van der Waals surface area contributed by atoms with Crippen LogP contribution in [0.1, 0.15) is 20.8 Å². The van der Waals surface area contributed by atoms with Crippen molar-refractivity contribution in [1.29, 1.82) is 0 Å². The van der Waals surface area contributed by atoms with Gasteiger partial charge in [0, 0.05) is 17.2 Å². The molecule has 0 saturated carbocycles. The fourth-order valence-electron chi connectivity index (χ4n) is 1.98. The Morgan fingerprint density at radius 2 is 1.74 bits per heavy atom. The van der Waals surface area contributed by atoms with E-state index in [-0.39, 0.29) is 16.9 Å². The Kier molecular flexibility index (Phi) is 6.67. The highest BCUT2D eigenvalue weighted by molar-refractivity contribution is 7.99. The fraction of sp³-hybridized carbons (Fsp3) is 0.412. The zero-order chi connectivity index (χ0) is 20.0. The van der Waals surface area contributed by atoms with Crippen molar-refractivity contribution in [3.63, 3.8) is 0 Å². The molecular formula is C17H22N4O5S. The summed E-state index contributed by atoms with van der Waals surface area (Å²) < 4.78 is 16.0. The van der Waals surface area contributed by atoms with Crippen molar-refractivity contribution in [2.75, 3.05) is 20.0 Å². The van der Waals surface area contributed by atoms with Gasteiger partial charge in [-0.2, -0.15) is 0 Å². The van der Waals surface area contributed by atoms with E-state index in [4.69, 9.17) is 13.9 Å². The molecule has 0 atom stereocenters. The van der Waals surface area contributed by atoms with Gasteiger partial charge in [-0.15, -0.1) is 10.2 Å². The lowest BCUT2D eigenvalue weighted by atomic mass is 10.1. The number of amides is 3. The smallest absolute Gasteiger partial charge is 0.321 e. The Morgan fingerprint density at radius 3 is 2.30 bits per heavy atom. The van der Waals surface area contributed by atoms with Crippen LogP contribution in [0, 0.1) is 0 Å². The molecule has 0 saturated heterocycles. The van der Waals surface area contributed by atoms with Crippen molar-refractivity contribution in [2.24, 2.45) is 0 Å². The predicted octanol–water partition coefficient (Wildman–Crippen LogP) is 2.47. The first-order valence-electron chi connectivity index (χ1n) is 8.02. The van der Waals surface area contributed by atoms with Crippen LogP contribution < -0.4 is 20.1 Å². The molecule has 27 heavy (non-hydrogen) atoms. The van der Waals surface area contributed by atoms with Crippen molar-refractivity contribution >= 4 is 23.7 Å². The van der Waals surface area contributed by atoms with Crippen LogP contribution in [0.3, 0.4) is 0 Å². The van der Waals surface area contributed by atoms with Gasteiger partial charge in [-0.25, -0.2) is 4.79 Å². The van der Waals surface area contributed by atoms with Crippen LogP contribution in [-0.4, -0.2) is 47.6 Å². The molecule has 1 aromatic heterocycles. The van der Waals surface area contributed by atoms with Crippen LogP contribution in [0.15, 0.2) is 27.8 Å². The summed E-state index contributed by atoms with van der Waals surface area (Å²) in [5, 5.41) is 13.0. The first-order chi connectivity index (χ1) is 12.7. The molecule has 0 aliphatic heterocycles. The predicted molar refractivity (Wildman–Crippen MR) is 100.0 cm³/mol. The third-order valence-corrected chi connectivity index (χ3v) is 3.89. The number of ether oxygens (including phenoxy) is 2. The number of urea groups is 1. The van der Waals surface area contributed by atoms with Crippen LogP contribution in [0.25, 0.3) is 11.5 Å². The van der Waals surface area contributed by atoms with Crippen LogP contribution in [0.4, 0.5) is 4.79 Å². The van der Waals surface area contributed by atoms with Gasteiger partial charge in [0.15, 0.2) is 0 Å². The Bertz CT molecular complexity index is 794. The Labute approximate surface area is 161 Å². The van der Waals surface area contributed by atoms with E-state index < -0.39 is 17.5 Å². The average molecular weight is 394 g/mol. The van der Waals surface area contributed by atoms with Crippen molar-refractivity contribution in [2.45, 2.75) is 31.5 Å².